The number of benzene rings is 4. The largest absolute Gasteiger partial charge is 0.484 e. The van der Waals surface area contributed by atoms with Gasteiger partial charge in [-0.25, -0.2) is 13.8 Å². The van der Waals surface area contributed by atoms with E-state index in [4.69, 9.17) is 4.74 Å². The molecule has 0 radical (unpaired) electrons. The summed E-state index contributed by atoms with van der Waals surface area (Å²) in [6.45, 7) is 5.12. The summed E-state index contributed by atoms with van der Waals surface area (Å²) in [5.74, 6) is -0.350. The Balaban J connectivity index is 1.34. The number of hydrogen-bond donors (Lipinski definition) is 2. The van der Waals surface area contributed by atoms with Crippen molar-refractivity contribution in [3.63, 3.8) is 0 Å². The van der Waals surface area contributed by atoms with Crippen molar-refractivity contribution in [1.29, 1.82) is 0 Å². The van der Waals surface area contributed by atoms with Gasteiger partial charge in [0, 0.05) is 0 Å². The van der Waals surface area contributed by atoms with Gasteiger partial charge in [-0.3, -0.25) is 13.9 Å². The average molecular weight is 599 g/mol. The first-order valence-corrected chi connectivity index (χ1v) is 15.1. The maximum atomic E-state index is 13.5. The van der Waals surface area contributed by atoms with Crippen LogP contribution in [0.5, 0.6) is 5.75 Å². The van der Waals surface area contributed by atoms with Gasteiger partial charge in [0.15, 0.2) is 6.61 Å². The van der Waals surface area contributed by atoms with Gasteiger partial charge in [0.05, 0.1) is 22.8 Å². The fourth-order valence-electron chi connectivity index (χ4n) is 4.17. The molecule has 0 saturated heterocycles. The number of hydrazone groups is 1. The Labute approximate surface area is 252 Å². The Morgan fingerprint density at radius 3 is 2.16 bits per heavy atom. The number of rotatable bonds is 12. The first-order valence-electron chi connectivity index (χ1n) is 13.7. The molecule has 0 spiro atoms. The number of nitrogens with one attached hydrogen (secondary N) is 2. The third-order valence-electron chi connectivity index (χ3n) is 6.73. The minimum absolute atomic E-state index is 0.0787. The standard InChI is InChI=1S/C33H34N4O5S/c1-24-14-17-29(20-25(24)2)37(43(40,41)31-12-8-5-9-13-31)22-32(38)36-34-21-27-15-18-30(19-16-27)42-23-33(39)35-26(3)28-10-6-4-7-11-28/h4-21,26H,22-23H2,1-3H3,(H,35,39)(H,36,38)/b34-21-/t26-/m0/s1. The van der Waals surface area contributed by atoms with E-state index in [2.05, 4.69) is 15.8 Å². The molecule has 0 aliphatic carbocycles. The number of ether oxygens (including phenoxy) is 1. The summed E-state index contributed by atoms with van der Waals surface area (Å²) >= 11 is 0. The second-order valence-electron chi connectivity index (χ2n) is 9.94. The second kappa shape index (κ2) is 14.3. The fourth-order valence-corrected chi connectivity index (χ4v) is 5.60. The van der Waals surface area contributed by atoms with Crippen LogP contribution >= 0.6 is 0 Å². The number of amides is 2. The average Bonchev–Trinajstić information content (AvgIpc) is 3.01. The maximum Gasteiger partial charge on any atom is 0.264 e. The van der Waals surface area contributed by atoms with Gasteiger partial charge < -0.3 is 10.1 Å². The van der Waals surface area contributed by atoms with Crippen LogP contribution in [0, 0.1) is 13.8 Å². The summed E-state index contributed by atoms with van der Waals surface area (Å²) in [5, 5.41) is 6.89. The van der Waals surface area contributed by atoms with Gasteiger partial charge in [0.2, 0.25) is 0 Å². The van der Waals surface area contributed by atoms with Crippen LogP contribution in [0.2, 0.25) is 0 Å². The predicted molar refractivity (Wildman–Crippen MR) is 168 cm³/mol. The van der Waals surface area contributed by atoms with E-state index < -0.39 is 22.5 Å². The monoisotopic (exact) mass is 598 g/mol. The molecule has 4 aromatic rings. The van der Waals surface area contributed by atoms with Crippen molar-refractivity contribution in [2.24, 2.45) is 5.10 Å². The lowest BCUT2D eigenvalue weighted by Gasteiger charge is -2.24. The molecule has 0 unspecified atom stereocenters. The third kappa shape index (κ3) is 8.52. The summed E-state index contributed by atoms with van der Waals surface area (Å²) < 4.78 is 33.6. The summed E-state index contributed by atoms with van der Waals surface area (Å²) in [7, 11) is -4.02. The number of anilines is 1. The van der Waals surface area contributed by atoms with Gasteiger partial charge in [-0.2, -0.15) is 5.10 Å². The lowest BCUT2D eigenvalue weighted by molar-refractivity contribution is -0.123. The van der Waals surface area contributed by atoms with Crippen LogP contribution in [0.15, 0.2) is 113 Å². The Bertz CT molecular complexity index is 1680. The molecular formula is C33H34N4O5S. The molecule has 9 nitrogen and oxygen atoms in total. The molecule has 0 saturated carbocycles. The smallest absolute Gasteiger partial charge is 0.264 e. The molecule has 10 heteroatoms. The number of sulfonamides is 1. The highest BCUT2D eigenvalue weighted by atomic mass is 32.2. The maximum absolute atomic E-state index is 13.5. The zero-order valence-corrected chi connectivity index (χ0v) is 25.0. The SMILES string of the molecule is Cc1ccc(N(CC(=O)N/N=C\c2ccc(OCC(=O)N[C@@H](C)c3ccccc3)cc2)S(=O)(=O)c2ccccc2)cc1C. The molecule has 1 atom stereocenters. The van der Waals surface area contributed by atoms with Gasteiger partial charge in [-0.15, -0.1) is 0 Å². The molecule has 43 heavy (non-hydrogen) atoms. The van der Waals surface area contributed by atoms with Crippen LogP contribution in [0.4, 0.5) is 5.69 Å². The van der Waals surface area contributed by atoms with Crippen molar-refractivity contribution in [1.82, 2.24) is 10.7 Å². The van der Waals surface area contributed by atoms with Crippen molar-refractivity contribution in [3.8, 4) is 5.75 Å². The van der Waals surface area contributed by atoms with E-state index in [0.29, 0.717) is 17.0 Å². The fraction of sp³-hybridized carbons (Fsp3) is 0.182. The number of carbonyl (C=O) groups excluding carboxylic acids is 2. The Morgan fingerprint density at radius 1 is 0.860 bits per heavy atom. The van der Waals surface area contributed by atoms with E-state index in [9.17, 15) is 18.0 Å². The first-order chi connectivity index (χ1) is 20.6. The molecule has 2 N–H and O–H groups in total. The summed E-state index contributed by atoms with van der Waals surface area (Å²) in [6.07, 6.45) is 1.43. The van der Waals surface area contributed by atoms with Crippen molar-refractivity contribution in [2.75, 3.05) is 17.5 Å². The Hall–Kier alpha value is -4.96. The van der Waals surface area contributed by atoms with E-state index in [1.54, 1.807) is 54.6 Å². The molecule has 222 valence electrons. The topological polar surface area (TPSA) is 117 Å². The molecule has 4 aromatic carbocycles. The molecule has 0 heterocycles. The van der Waals surface area contributed by atoms with Crippen LogP contribution in [0.1, 0.15) is 35.2 Å². The third-order valence-corrected chi connectivity index (χ3v) is 8.51. The van der Waals surface area contributed by atoms with Crippen molar-refractivity contribution >= 4 is 33.7 Å². The predicted octanol–water partition coefficient (Wildman–Crippen LogP) is 4.91. The minimum atomic E-state index is -4.02. The van der Waals surface area contributed by atoms with E-state index in [1.807, 2.05) is 57.2 Å². The quantitative estimate of drug-likeness (QED) is 0.178. The molecule has 0 aliphatic rings. The van der Waals surface area contributed by atoms with Crippen molar-refractivity contribution in [2.45, 2.75) is 31.7 Å². The zero-order valence-electron chi connectivity index (χ0n) is 24.2. The molecule has 0 fully saturated rings. The highest BCUT2D eigenvalue weighted by molar-refractivity contribution is 7.92. The molecule has 4 rings (SSSR count). The lowest BCUT2D eigenvalue weighted by atomic mass is 10.1. The summed E-state index contributed by atoms with van der Waals surface area (Å²) in [6, 6.07) is 29.5. The molecular weight excluding hydrogens is 564 g/mol. The van der Waals surface area contributed by atoms with Crippen molar-refractivity contribution < 1.29 is 22.7 Å². The van der Waals surface area contributed by atoms with E-state index >= 15 is 0 Å². The highest BCUT2D eigenvalue weighted by Gasteiger charge is 2.27. The van der Waals surface area contributed by atoms with Crippen LogP contribution in [0.3, 0.4) is 0 Å². The van der Waals surface area contributed by atoms with Gasteiger partial charge in [0.25, 0.3) is 21.8 Å². The summed E-state index contributed by atoms with van der Waals surface area (Å²) in [4.78, 5) is 25.2. The Morgan fingerprint density at radius 2 is 1.51 bits per heavy atom. The van der Waals surface area contributed by atoms with Crippen LogP contribution in [-0.2, 0) is 19.6 Å². The first kappa shape index (κ1) is 31.0. The van der Waals surface area contributed by atoms with Gasteiger partial charge in [0.1, 0.15) is 12.3 Å². The van der Waals surface area contributed by atoms with Crippen LogP contribution in [-0.4, -0.2) is 39.6 Å². The molecule has 0 aromatic heterocycles. The van der Waals surface area contributed by atoms with Crippen LogP contribution < -0.4 is 19.8 Å². The van der Waals surface area contributed by atoms with E-state index in [0.717, 1.165) is 21.0 Å². The van der Waals surface area contributed by atoms with Crippen molar-refractivity contribution in [3.05, 3.63) is 125 Å². The lowest BCUT2D eigenvalue weighted by Crippen LogP contribution is -2.39. The number of nitrogens with zero attached hydrogens (tertiary/aromatic N) is 2. The van der Waals surface area contributed by atoms with Gasteiger partial charge in [-0.05, 0) is 91.6 Å². The molecule has 0 aliphatic heterocycles. The minimum Gasteiger partial charge on any atom is -0.484 e. The molecule has 0 bridgehead atoms. The number of carbonyl (C=O) groups is 2. The highest BCUT2D eigenvalue weighted by Crippen LogP contribution is 2.25. The Kier molecular flexibility index (Phi) is 10.3. The zero-order chi connectivity index (χ0) is 30.8. The van der Waals surface area contributed by atoms with Gasteiger partial charge >= 0.3 is 0 Å². The second-order valence-corrected chi connectivity index (χ2v) is 11.8. The van der Waals surface area contributed by atoms with E-state index in [-0.39, 0.29) is 23.5 Å². The van der Waals surface area contributed by atoms with Crippen LogP contribution in [0.25, 0.3) is 0 Å². The summed E-state index contributed by atoms with van der Waals surface area (Å²) in [5.41, 5.74) is 6.36. The normalized spacial score (nSPS) is 12.0. The van der Waals surface area contributed by atoms with E-state index in [1.165, 1.54) is 18.3 Å². The number of aryl methyl sites for hydroxylation is 2. The van der Waals surface area contributed by atoms with Gasteiger partial charge in [-0.1, -0.05) is 54.6 Å². The number of hydrogen-bond acceptors (Lipinski definition) is 6. The molecule has 2 amide bonds.